The van der Waals surface area contributed by atoms with Gasteiger partial charge in [0.05, 0.1) is 12.7 Å². The predicted molar refractivity (Wildman–Crippen MR) is 84.3 cm³/mol. The summed E-state index contributed by atoms with van der Waals surface area (Å²) in [5, 5.41) is 4.64. The zero-order chi connectivity index (χ0) is 17.2. The number of imide groups is 1. The van der Waals surface area contributed by atoms with E-state index in [4.69, 9.17) is 9.47 Å². The predicted octanol–water partition coefficient (Wildman–Crippen LogP) is 1.72. The number of methoxy groups -OCH3 is 1. The number of hydrogen-bond acceptors (Lipinski definition) is 5. The number of carbonyl (C=O) groups excluding carboxylic acids is 3. The first-order chi connectivity index (χ1) is 10.9. The lowest BCUT2D eigenvalue weighted by Gasteiger charge is -2.09. The summed E-state index contributed by atoms with van der Waals surface area (Å²) in [6.07, 6.45) is 0.812. The SMILES string of the molecule is COc1cccc(C(=O)OCC(=O)NC(=O)NCCC(C)C)c1. The second-order valence-corrected chi connectivity index (χ2v) is 5.29. The Balaban J connectivity index is 2.34. The fourth-order valence-electron chi connectivity index (χ4n) is 1.65. The molecule has 0 saturated carbocycles. The summed E-state index contributed by atoms with van der Waals surface area (Å²) < 4.78 is 9.84. The van der Waals surface area contributed by atoms with E-state index in [0.29, 0.717) is 18.2 Å². The molecule has 0 aliphatic carbocycles. The van der Waals surface area contributed by atoms with Gasteiger partial charge in [-0.2, -0.15) is 0 Å². The molecule has 0 aliphatic rings. The minimum absolute atomic E-state index is 0.263. The van der Waals surface area contributed by atoms with Crippen LogP contribution in [0.3, 0.4) is 0 Å². The van der Waals surface area contributed by atoms with E-state index in [1.807, 2.05) is 13.8 Å². The number of urea groups is 1. The molecule has 7 nitrogen and oxygen atoms in total. The number of amides is 3. The molecule has 3 amide bonds. The highest BCUT2D eigenvalue weighted by molar-refractivity contribution is 5.97. The fraction of sp³-hybridized carbons (Fsp3) is 0.438. The van der Waals surface area contributed by atoms with E-state index < -0.39 is 24.5 Å². The topological polar surface area (TPSA) is 93.7 Å². The summed E-state index contributed by atoms with van der Waals surface area (Å²) in [6, 6.07) is 5.76. The van der Waals surface area contributed by atoms with Crippen LogP contribution in [0.2, 0.25) is 0 Å². The van der Waals surface area contributed by atoms with Gasteiger partial charge in [-0.25, -0.2) is 9.59 Å². The maximum atomic E-state index is 11.8. The molecule has 1 aromatic carbocycles. The Hall–Kier alpha value is -2.57. The number of esters is 1. The van der Waals surface area contributed by atoms with Gasteiger partial charge in [-0.1, -0.05) is 19.9 Å². The molecule has 0 saturated heterocycles. The van der Waals surface area contributed by atoms with Crippen molar-refractivity contribution in [1.82, 2.24) is 10.6 Å². The van der Waals surface area contributed by atoms with Crippen LogP contribution in [-0.2, 0) is 9.53 Å². The zero-order valence-corrected chi connectivity index (χ0v) is 13.5. The summed E-state index contributed by atoms with van der Waals surface area (Å²) in [5.41, 5.74) is 0.263. The zero-order valence-electron chi connectivity index (χ0n) is 13.5. The highest BCUT2D eigenvalue weighted by Crippen LogP contribution is 2.13. The lowest BCUT2D eigenvalue weighted by molar-refractivity contribution is -0.123. The highest BCUT2D eigenvalue weighted by atomic mass is 16.5. The molecule has 2 N–H and O–H groups in total. The first kappa shape index (κ1) is 18.5. The monoisotopic (exact) mass is 322 g/mol. The summed E-state index contributed by atoms with van der Waals surface area (Å²) in [7, 11) is 1.48. The third-order valence-corrected chi connectivity index (χ3v) is 2.90. The molecule has 7 heteroatoms. The Kier molecular flexibility index (Phi) is 7.59. The average Bonchev–Trinajstić information content (AvgIpc) is 2.52. The van der Waals surface area contributed by atoms with E-state index in [2.05, 4.69) is 10.6 Å². The van der Waals surface area contributed by atoms with Crippen LogP contribution in [-0.4, -0.2) is 38.2 Å². The van der Waals surface area contributed by atoms with Crippen molar-refractivity contribution in [3.8, 4) is 5.75 Å². The second-order valence-electron chi connectivity index (χ2n) is 5.29. The molecule has 0 aromatic heterocycles. The first-order valence-corrected chi connectivity index (χ1v) is 7.31. The molecular formula is C16H22N2O5. The van der Waals surface area contributed by atoms with Crippen molar-refractivity contribution in [3.05, 3.63) is 29.8 Å². The summed E-state index contributed by atoms with van der Waals surface area (Å²) in [4.78, 5) is 34.8. The highest BCUT2D eigenvalue weighted by Gasteiger charge is 2.13. The fourth-order valence-corrected chi connectivity index (χ4v) is 1.65. The van der Waals surface area contributed by atoms with E-state index in [1.165, 1.54) is 13.2 Å². The number of ether oxygens (including phenoxy) is 2. The maximum Gasteiger partial charge on any atom is 0.338 e. The van der Waals surface area contributed by atoms with Gasteiger partial charge >= 0.3 is 12.0 Å². The lowest BCUT2D eigenvalue weighted by Crippen LogP contribution is -2.41. The van der Waals surface area contributed by atoms with Gasteiger partial charge in [0.15, 0.2) is 6.61 Å². The number of benzene rings is 1. The molecule has 0 radical (unpaired) electrons. The minimum atomic E-state index is -0.691. The first-order valence-electron chi connectivity index (χ1n) is 7.31. The molecule has 0 aliphatic heterocycles. The molecule has 1 aromatic rings. The largest absolute Gasteiger partial charge is 0.497 e. The number of hydrogen-bond donors (Lipinski definition) is 2. The Morgan fingerprint density at radius 2 is 1.96 bits per heavy atom. The Labute approximate surface area is 135 Å². The smallest absolute Gasteiger partial charge is 0.338 e. The average molecular weight is 322 g/mol. The van der Waals surface area contributed by atoms with Crippen LogP contribution in [0.15, 0.2) is 24.3 Å². The van der Waals surface area contributed by atoms with Crippen LogP contribution < -0.4 is 15.4 Å². The van der Waals surface area contributed by atoms with Crippen LogP contribution in [0.5, 0.6) is 5.75 Å². The van der Waals surface area contributed by atoms with Crippen LogP contribution in [0.4, 0.5) is 4.79 Å². The minimum Gasteiger partial charge on any atom is -0.497 e. The standard InChI is InChI=1S/C16H22N2O5/c1-11(2)7-8-17-16(21)18-14(19)10-23-15(20)12-5-4-6-13(9-12)22-3/h4-6,9,11H,7-8,10H2,1-3H3,(H2,17,18,19,21). The van der Waals surface area contributed by atoms with Crippen molar-refractivity contribution < 1.29 is 23.9 Å². The van der Waals surface area contributed by atoms with E-state index in [9.17, 15) is 14.4 Å². The Morgan fingerprint density at radius 1 is 1.22 bits per heavy atom. The van der Waals surface area contributed by atoms with Crippen molar-refractivity contribution in [3.63, 3.8) is 0 Å². The molecular weight excluding hydrogens is 300 g/mol. The van der Waals surface area contributed by atoms with Gasteiger partial charge < -0.3 is 14.8 Å². The second kappa shape index (κ2) is 9.45. The van der Waals surface area contributed by atoms with Crippen molar-refractivity contribution >= 4 is 17.9 Å². The number of rotatable bonds is 7. The molecule has 0 bridgehead atoms. The van der Waals surface area contributed by atoms with Crippen molar-refractivity contribution in [1.29, 1.82) is 0 Å². The van der Waals surface area contributed by atoms with E-state index in [0.717, 1.165) is 6.42 Å². The van der Waals surface area contributed by atoms with Gasteiger partial charge in [0.25, 0.3) is 5.91 Å². The van der Waals surface area contributed by atoms with E-state index in [-0.39, 0.29) is 5.56 Å². The van der Waals surface area contributed by atoms with Gasteiger partial charge in [-0.3, -0.25) is 10.1 Å². The molecule has 1 rings (SSSR count). The van der Waals surface area contributed by atoms with Gasteiger partial charge in [0.1, 0.15) is 5.75 Å². The van der Waals surface area contributed by atoms with Gasteiger partial charge in [0.2, 0.25) is 0 Å². The molecule has 0 atom stereocenters. The van der Waals surface area contributed by atoms with Gasteiger partial charge in [0, 0.05) is 6.54 Å². The molecule has 0 spiro atoms. The van der Waals surface area contributed by atoms with E-state index in [1.54, 1.807) is 18.2 Å². The lowest BCUT2D eigenvalue weighted by atomic mass is 10.1. The van der Waals surface area contributed by atoms with Crippen LogP contribution in [0.1, 0.15) is 30.6 Å². The normalized spacial score (nSPS) is 10.1. The summed E-state index contributed by atoms with van der Waals surface area (Å²) >= 11 is 0. The Bertz CT molecular complexity index is 557. The van der Waals surface area contributed by atoms with E-state index >= 15 is 0 Å². The van der Waals surface area contributed by atoms with Crippen LogP contribution in [0, 0.1) is 5.92 Å². The summed E-state index contributed by atoms with van der Waals surface area (Å²) in [6.45, 7) is 4.00. The third-order valence-electron chi connectivity index (χ3n) is 2.90. The number of carbonyl (C=O) groups is 3. The van der Waals surface area contributed by atoms with Crippen LogP contribution in [0.25, 0.3) is 0 Å². The van der Waals surface area contributed by atoms with Gasteiger partial charge in [-0.05, 0) is 30.5 Å². The van der Waals surface area contributed by atoms with Gasteiger partial charge in [-0.15, -0.1) is 0 Å². The molecule has 0 fully saturated rings. The third kappa shape index (κ3) is 7.30. The molecule has 126 valence electrons. The van der Waals surface area contributed by atoms with Crippen LogP contribution >= 0.6 is 0 Å². The number of nitrogens with one attached hydrogen (secondary N) is 2. The molecule has 0 heterocycles. The van der Waals surface area contributed by atoms with Crippen molar-refractivity contribution in [2.24, 2.45) is 5.92 Å². The van der Waals surface area contributed by atoms with Crippen molar-refractivity contribution in [2.45, 2.75) is 20.3 Å². The quantitative estimate of drug-likeness (QED) is 0.746. The maximum absolute atomic E-state index is 11.8. The van der Waals surface area contributed by atoms with Crippen molar-refractivity contribution in [2.75, 3.05) is 20.3 Å². The molecule has 23 heavy (non-hydrogen) atoms. The Morgan fingerprint density at radius 3 is 2.61 bits per heavy atom. The summed E-state index contributed by atoms with van der Waals surface area (Å²) in [5.74, 6) is -0.397. The molecule has 0 unspecified atom stereocenters.